The first-order valence-corrected chi connectivity index (χ1v) is 9.87. The zero-order valence-corrected chi connectivity index (χ0v) is 19.6. The Bertz CT molecular complexity index is 1000. The minimum atomic E-state index is -0.0709. The van der Waals surface area contributed by atoms with Crippen LogP contribution in [0, 0.1) is 0 Å². The minimum Gasteiger partial charge on any atom is -0.357 e. The lowest BCUT2D eigenvalue weighted by molar-refractivity contribution is 0.0963. The van der Waals surface area contributed by atoms with Crippen LogP contribution in [0.2, 0.25) is 0 Å². The summed E-state index contributed by atoms with van der Waals surface area (Å²) >= 11 is 0. The summed E-state index contributed by atoms with van der Waals surface area (Å²) in [4.78, 5) is 21.0. The van der Waals surface area contributed by atoms with Crippen LogP contribution in [-0.2, 0) is 13.0 Å². The fourth-order valence-electron chi connectivity index (χ4n) is 3.14. The molecule has 158 valence electrons. The number of aliphatic imine (C=N–C) groups is 1. The van der Waals surface area contributed by atoms with Gasteiger partial charge in [-0.25, -0.2) is 4.99 Å². The van der Waals surface area contributed by atoms with E-state index in [0.29, 0.717) is 12.1 Å². The lowest BCUT2D eigenvalue weighted by atomic mass is 10.1. The lowest BCUT2D eigenvalue weighted by Gasteiger charge is -2.12. The van der Waals surface area contributed by atoms with Crippen LogP contribution in [0.4, 0.5) is 0 Å². The van der Waals surface area contributed by atoms with Gasteiger partial charge >= 0.3 is 0 Å². The van der Waals surface area contributed by atoms with Crippen LogP contribution in [0.25, 0.3) is 10.9 Å². The van der Waals surface area contributed by atoms with Crippen molar-refractivity contribution in [3.8, 4) is 0 Å². The van der Waals surface area contributed by atoms with Gasteiger partial charge in [-0.1, -0.05) is 36.4 Å². The number of aromatic nitrogens is 1. The van der Waals surface area contributed by atoms with Crippen LogP contribution in [0.3, 0.4) is 0 Å². The van der Waals surface area contributed by atoms with E-state index in [1.165, 1.54) is 0 Å². The third-order valence-electron chi connectivity index (χ3n) is 4.59. The van der Waals surface area contributed by atoms with E-state index in [9.17, 15) is 4.79 Å². The molecule has 1 aromatic heterocycles. The smallest absolute Gasteiger partial charge is 0.251 e. The number of nitrogens with one attached hydrogen (secondary N) is 3. The number of hydrogen-bond donors (Lipinski definition) is 3. The molecule has 0 bridgehead atoms. The molecule has 1 amide bonds. The normalized spacial score (nSPS) is 10.9. The maximum absolute atomic E-state index is 11.8. The minimum absolute atomic E-state index is 0. The number of amides is 1. The van der Waals surface area contributed by atoms with E-state index in [1.54, 1.807) is 7.05 Å². The van der Waals surface area contributed by atoms with Crippen molar-refractivity contribution in [1.82, 2.24) is 20.9 Å². The number of fused-ring (bicyclic) bond motifs is 1. The van der Waals surface area contributed by atoms with Crippen LogP contribution in [0.1, 0.15) is 28.4 Å². The Labute approximate surface area is 194 Å². The van der Waals surface area contributed by atoms with Crippen LogP contribution < -0.4 is 16.0 Å². The number of nitrogens with zero attached hydrogens (tertiary/aromatic N) is 2. The molecular weight excluding hydrogens is 489 g/mol. The number of guanidine groups is 1. The quantitative estimate of drug-likeness (QED) is 0.255. The summed E-state index contributed by atoms with van der Waals surface area (Å²) < 4.78 is 0. The Morgan fingerprint density at radius 1 is 1.07 bits per heavy atom. The van der Waals surface area contributed by atoms with E-state index < -0.39 is 0 Å². The number of hydrogen-bond acceptors (Lipinski definition) is 3. The number of carbonyl (C=O) groups is 1. The zero-order valence-electron chi connectivity index (χ0n) is 17.3. The van der Waals surface area contributed by atoms with Crippen molar-refractivity contribution < 1.29 is 4.79 Å². The van der Waals surface area contributed by atoms with Gasteiger partial charge in [-0.2, -0.15) is 0 Å². The summed E-state index contributed by atoms with van der Waals surface area (Å²) in [5.41, 5.74) is 3.86. The fourth-order valence-corrected chi connectivity index (χ4v) is 3.14. The molecule has 1 heterocycles. The van der Waals surface area contributed by atoms with Gasteiger partial charge in [0.1, 0.15) is 0 Å². The van der Waals surface area contributed by atoms with Gasteiger partial charge in [0, 0.05) is 37.3 Å². The van der Waals surface area contributed by atoms with E-state index in [4.69, 9.17) is 4.99 Å². The van der Waals surface area contributed by atoms with Crippen molar-refractivity contribution in [1.29, 1.82) is 0 Å². The average Bonchev–Trinajstić information content (AvgIpc) is 2.77. The van der Waals surface area contributed by atoms with Gasteiger partial charge in [0.2, 0.25) is 0 Å². The highest BCUT2D eigenvalue weighted by molar-refractivity contribution is 14.0. The first-order chi connectivity index (χ1) is 14.2. The molecule has 0 aliphatic rings. The molecule has 0 saturated carbocycles. The highest BCUT2D eigenvalue weighted by atomic mass is 127. The van der Waals surface area contributed by atoms with Crippen molar-refractivity contribution in [2.45, 2.75) is 19.9 Å². The maximum Gasteiger partial charge on any atom is 0.251 e. The number of rotatable bonds is 7. The number of pyridine rings is 1. The molecule has 0 spiro atoms. The summed E-state index contributed by atoms with van der Waals surface area (Å²) in [5.74, 6) is 0.696. The van der Waals surface area contributed by atoms with Crippen LogP contribution >= 0.6 is 24.0 Å². The molecule has 0 fully saturated rings. The summed E-state index contributed by atoms with van der Waals surface area (Å²) in [6.45, 7) is 4.10. The molecule has 3 aromatic rings. The molecule has 3 N–H and O–H groups in total. The molecule has 0 aliphatic carbocycles. The molecule has 7 heteroatoms. The van der Waals surface area contributed by atoms with Gasteiger partial charge in [0.25, 0.3) is 5.91 Å². The summed E-state index contributed by atoms with van der Waals surface area (Å²) in [7, 11) is 1.64. The number of para-hydroxylation sites is 1. The molecule has 0 aliphatic heterocycles. The largest absolute Gasteiger partial charge is 0.357 e. The standard InChI is InChI=1S/C23H27N5O.HI/c1-3-25-23(27-14-12-17-7-4-9-19(15-17)22(29)24-2)28-16-20-10-5-8-18-11-6-13-26-21(18)20;/h4-11,13,15H,3,12,14,16H2,1-2H3,(H,24,29)(H2,25,27,28);1H. The van der Waals surface area contributed by atoms with Gasteiger partial charge < -0.3 is 16.0 Å². The van der Waals surface area contributed by atoms with Crippen molar-refractivity contribution in [2.75, 3.05) is 20.1 Å². The van der Waals surface area contributed by atoms with Crippen molar-refractivity contribution >= 4 is 46.7 Å². The predicted octanol–water partition coefficient (Wildman–Crippen LogP) is 3.51. The second-order valence-corrected chi connectivity index (χ2v) is 6.64. The fraction of sp³-hybridized carbons (Fsp3) is 0.261. The lowest BCUT2D eigenvalue weighted by Crippen LogP contribution is -2.38. The molecule has 0 atom stereocenters. The molecule has 30 heavy (non-hydrogen) atoms. The Kier molecular flexibility index (Phi) is 9.53. The maximum atomic E-state index is 11.8. The molecule has 0 saturated heterocycles. The molecule has 0 unspecified atom stereocenters. The second kappa shape index (κ2) is 12.1. The van der Waals surface area contributed by atoms with E-state index in [0.717, 1.165) is 47.5 Å². The summed E-state index contributed by atoms with van der Waals surface area (Å²) in [6.07, 6.45) is 2.61. The average molecular weight is 517 g/mol. The topological polar surface area (TPSA) is 78.4 Å². The summed E-state index contributed by atoms with van der Waals surface area (Å²) in [5, 5.41) is 10.4. The zero-order chi connectivity index (χ0) is 20.5. The first kappa shape index (κ1) is 23.6. The molecule has 3 rings (SSSR count). The van der Waals surface area contributed by atoms with Gasteiger partial charge in [-0.15, -0.1) is 24.0 Å². The molecule has 6 nitrogen and oxygen atoms in total. The van der Waals surface area contributed by atoms with Gasteiger partial charge in [0.15, 0.2) is 5.96 Å². The molecule has 0 radical (unpaired) electrons. The van der Waals surface area contributed by atoms with Crippen molar-refractivity contribution in [2.24, 2.45) is 4.99 Å². The predicted molar refractivity (Wildman–Crippen MR) is 134 cm³/mol. The Hall–Kier alpha value is -2.68. The highest BCUT2D eigenvalue weighted by Gasteiger charge is 2.05. The van der Waals surface area contributed by atoms with E-state index >= 15 is 0 Å². The van der Waals surface area contributed by atoms with E-state index in [-0.39, 0.29) is 29.9 Å². The first-order valence-electron chi connectivity index (χ1n) is 9.87. The number of halogens is 1. The Morgan fingerprint density at radius 3 is 2.67 bits per heavy atom. The monoisotopic (exact) mass is 517 g/mol. The highest BCUT2D eigenvalue weighted by Crippen LogP contribution is 2.16. The third kappa shape index (κ3) is 6.41. The Balaban J connectivity index is 0.00000320. The molecule has 2 aromatic carbocycles. The summed E-state index contributed by atoms with van der Waals surface area (Å²) in [6, 6.07) is 17.8. The van der Waals surface area contributed by atoms with E-state index in [2.05, 4.69) is 39.1 Å². The van der Waals surface area contributed by atoms with Crippen LogP contribution in [-0.4, -0.2) is 37.0 Å². The number of carbonyl (C=O) groups excluding carboxylic acids is 1. The van der Waals surface area contributed by atoms with Gasteiger partial charge in [0.05, 0.1) is 12.1 Å². The van der Waals surface area contributed by atoms with Crippen molar-refractivity contribution in [3.63, 3.8) is 0 Å². The van der Waals surface area contributed by atoms with Crippen molar-refractivity contribution in [3.05, 3.63) is 77.5 Å². The van der Waals surface area contributed by atoms with Gasteiger partial charge in [-0.3, -0.25) is 9.78 Å². The Morgan fingerprint density at radius 2 is 1.87 bits per heavy atom. The second-order valence-electron chi connectivity index (χ2n) is 6.64. The van der Waals surface area contributed by atoms with E-state index in [1.807, 2.05) is 49.5 Å². The van der Waals surface area contributed by atoms with Gasteiger partial charge in [-0.05, 0) is 42.7 Å². The number of benzene rings is 2. The van der Waals surface area contributed by atoms with Crippen LogP contribution in [0.5, 0.6) is 0 Å². The SMILES string of the molecule is CCNC(=NCc1cccc2cccnc12)NCCc1cccc(C(=O)NC)c1.I. The van der Waals surface area contributed by atoms with Crippen LogP contribution in [0.15, 0.2) is 65.8 Å². The third-order valence-corrected chi connectivity index (χ3v) is 4.59. The molecular formula is C23H28IN5O.